The molecule has 1 fully saturated rings. The molecule has 3 aliphatic rings. The summed E-state index contributed by atoms with van der Waals surface area (Å²) in [5.74, 6) is 7.94. The minimum Gasteiger partial charge on any atom is -0.342 e. The number of nitrogens with two attached hydrogens (primary N) is 1. The highest BCUT2D eigenvalue weighted by molar-refractivity contribution is 6.05. The Morgan fingerprint density at radius 3 is 2.74 bits per heavy atom. The molecule has 2 atom stereocenters. The van der Waals surface area contributed by atoms with Gasteiger partial charge in [-0.3, -0.25) is 14.6 Å². The number of quaternary nitrogens is 1. The van der Waals surface area contributed by atoms with Crippen LogP contribution in [0.3, 0.4) is 0 Å². The van der Waals surface area contributed by atoms with Gasteiger partial charge in [0.05, 0.1) is 18.0 Å². The number of hydrogen-bond acceptors (Lipinski definition) is 6. The zero-order chi connectivity index (χ0) is 24.6. The van der Waals surface area contributed by atoms with Crippen LogP contribution in [0.15, 0.2) is 76.4 Å². The molecule has 2 amide bonds. The van der Waals surface area contributed by atoms with E-state index in [0.29, 0.717) is 23.8 Å². The Balaban J connectivity index is 1.42. The number of piperidine rings is 1. The molecule has 3 N–H and O–H groups in total. The van der Waals surface area contributed by atoms with Gasteiger partial charge in [-0.15, -0.1) is 4.59 Å². The number of nitrogens with one attached hydrogen (secondary N) is 1. The Morgan fingerprint density at radius 2 is 2.00 bits per heavy atom. The van der Waals surface area contributed by atoms with Crippen LogP contribution < -0.4 is 11.2 Å². The van der Waals surface area contributed by atoms with Crippen molar-refractivity contribution in [3.8, 4) is 0 Å². The summed E-state index contributed by atoms with van der Waals surface area (Å²) in [6, 6.07) is 10.9. The van der Waals surface area contributed by atoms with E-state index < -0.39 is 0 Å². The van der Waals surface area contributed by atoms with Gasteiger partial charge >= 0.3 is 0 Å². The van der Waals surface area contributed by atoms with Gasteiger partial charge in [0.2, 0.25) is 11.6 Å². The molecule has 0 spiro atoms. The molecule has 1 saturated heterocycles. The molecule has 0 radical (unpaired) electrons. The van der Waals surface area contributed by atoms with Crippen LogP contribution in [0, 0.1) is 12.8 Å². The second kappa shape index (κ2) is 9.01. The molecule has 1 aromatic heterocycles. The lowest BCUT2D eigenvalue weighted by molar-refractivity contribution is -0.750. The molecule has 2 aromatic rings. The fraction of sp³-hybridized carbons (Fsp3) is 0.269. The van der Waals surface area contributed by atoms with Crippen molar-refractivity contribution in [2.24, 2.45) is 21.7 Å². The molecule has 9 nitrogen and oxygen atoms in total. The first-order valence-corrected chi connectivity index (χ1v) is 11.7. The highest BCUT2D eigenvalue weighted by atomic mass is 16.2. The Hall–Kier alpha value is -3.95. The fourth-order valence-electron chi connectivity index (χ4n) is 4.76. The number of fused-ring (bicyclic) bond motifs is 1. The molecule has 0 aliphatic carbocycles. The second-order valence-electron chi connectivity index (χ2n) is 9.11. The number of amidine groups is 1. The molecule has 178 valence electrons. The minimum absolute atomic E-state index is 0.0722. The van der Waals surface area contributed by atoms with Crippen molar-refractivity contribution in [1.82, 2.24) is 9.88 Å². The second-order valence-corrected chi connectivity index (χ2v) is 9.11. The smallest absolute Gasteiger partial charge is 0.264 e. The summed E-state index contributed by atoms with van der Waals surface area (Å²) in [4.78, 5) is 40.1. The van der Waals surface area contributed by atoms with Crippen LogP contribution in [-0.4, -0.2) is 51.4 Å². The summed E-state index contributed by atoms with van der Waals surface area (Å²) in [6.45, 7) is 4.93. The maximum atomic E-state index is 12.7. The van der Waals surface area contributed by atoms with Gasteiger partial charge in [0.1, 0.15) is 17.7 Å². The Bertz CT molecular complexity index is 1310. The molecule has 4 heterocycles. The third kappa shape index (κ3) is 4.31. The number of pyridine rings is 1. The summed E-state index contributed by atoms with van der Waals surface area (Å²) in [5.41, 5.74) is 4.01. The van der Waals surface area contributed by atoms with E-state index in [2.05, 4.69) is 15.3 Å². The number of allylic oxidation sites excluding steroid dienone is 1. The topological polar surface area (TPSA) is 113 Å². The normalized spacial score (nSPS) is 23.2. The maximum absolute atomic E-state index is 12.7. The molecule has 35 heavy (non-hydrogen) atoms. The van der Waals surface area contributed by atoms with E-state index in [1.54, 1.807) is 43.9 Å². The zero-order valence-corrected chi connectivity index (χ0v) is 19.8. The van der Waals surface area contributed by atoms with Crippen LogP contribution in [0.25, 0.3) is 0 Å². The molecular formula is C26H28N7O2+. The molecule has 9 heteroatoms. The Labute approximate surface area is 203 Å². The lowest BCUT2D eigenvalue weighted by Gasteiger charge is -2.32. The van der Waals surface area contributed by atoms with Gasteiger partial charge in [-0.1, -0.05) is 0 Å². The number of nitrogens with zero attached hydrogens (tertiary/aromatic N) is 5. The van der Waals surface area contributed by atoms with Crippen molar-refractivity contribution in [3.63, 3.8) is 0 Å². The standard InChI is InChI=1S/C26H27N7O2/c1-17-9-10-29-23(14-17)30-26(35)20-7-5-19(6-8-20)25-31-24(22-15-28-11-13-33(22,25)27)21-4-3-12-32(16-21)18(2)34/h5-11,13-15,21H,3-4,12,16,27H2,1-2H3/p+1/t21-,33?/m1/s1. The lowest BCUT2D eigenvalue weighted by Crippen LogP contribution is -2.53. The number of amides is 2. The minimum atomic E-state index is -0.240. The third-order valence-electron chi connectivity index (χ3n) is 6.64. The number of rotatable bonds is 4. The van der Waals surface area contributed by atoms with Gasteiger partial charge in [0.25, 0.3) is 11.7 Å². The van der Waals surface area contributed by atoms with Crippen LogP contribution >= 0.6 is 0 Å². The van der Waals surface area contributed by atoms with Crippen molar-refractivity contribution in [2.45, 2.75) is 26.7 Å². The number of anilines is 1. The largest absolute Gasteiger partial charge is 0.342 e. The summed E-state index contributed by atoms with van der Waals surface area (Å²) in [5, 5.41) is 2.83. The summed E-state index contributed by atoms with van der Waals surface area (Å²) in [6.07, 6.45) is 8.75. The van der Waals surface area contributed by atoms with Crippen molar-refractivity contribution >= 4 is 29.7 Å². The number of aromatic nitrogens is 1. The quantitative estimate of drug-likeness (QED) is 0.528. The van der Waals surface area contributed by atoms with Gasteiger partial charge in [0.15, 0.2) is 0 Å². The average Bonchev–Trinajstić information content (AvgIpc) is 3.17. The number of benzene rings is 1. The van der Waals surface area contributed by atoms with E-state index in [0.717, 1.165) is 41.9 Å². The molecule has 1 aromatic carbocycles. The third-order valence-corrected chi connectivity index (χ3v) is 6.64. The lowest BCUT2D eigenvalue weighted by atomic mass is 9.93. The van der Waals surface area contributed by atoms with E-state index in [9.17, 15) is 9.59 Å². The van der Waals surface area contributed by atoms with Gasteiger partial charge in [0, 0.05) is 37.7 Å². The number of aliphatic imine (C=N–C) groups is 2. The molecule has 5 rings (SSSR count). The van der Waals surface area contributed by atoms with Crippen LogP contribution in [0.1, 0.15) is 41.3 Å². The Morgan fingerprint density at radius 1 is 1.20 bits per heavy atom. The molecule has 0 saturated carbocycles. The zero-order valence-electron chi connectivity index (χ0n) is 19.8. The SMILES string of the molecule is CC(=O)N1CCC[C@@H](C2=C3C=NC=C[N+]3(N)C(c3ccc(C(=O)Nc4cc(C)ccn4)cc3)=N2)C1. The Kier molecular flexibility index (Phi) is 5.88. The molecule has 1 unspecified atom stereocenters. The first kappa shape index (κ1) is 22.8. The number of carbonyl (C=O) groups is 2. The molecular weight excluding hydrogens is 442 g/mol. The van der Waals surface area contributed by atoms with Gasteiger partial charge < -0.3 is 10.2 Å². The highest BCUT2D eigenvalue weighted by Gasteiger charge is 2.46. The maximum Gasteiger partial charge on any atom is 0.264 e. The van der Waals surface area contributed by atoms with Crippen LogP contribution in [-0.2, 0) is 4.79 Å². The molecule has 0 bridgehead atoms. The van der Waals surface area contributed by atoms with Crippen LogP contribution in [0.4, 0.5) is 5.82 Å². The predicted octanol–water partition coefficient (Wildman–Crippen LogP) is 3.12. The number of likely N-dealkylation sites (tertiary alicyclic amines) is 1. The predicted molar refractivity (Wildman–Crippen MR) is 134 cm³/mol. The van der Waals surface area contributed by atoms with Crippen molar-refractivity contribution in [1.29, 1.82) is 0 Å². The van der Waals surface area contributed by atoms with E-state index in [4.69, 9.17) is 10.8 Å². The molecule has 3 aliphatic heterocycles. The van der Waals surface area contributed by atoms with Crippen LogP contribution in [0.2, 0.25) is 0 Å². The van der Waals surface area contributed by atoms with Crippen molar-refractivity contribution in [3.05, 3.63) is 83.1 Å². The number of aryl methyl sites for hydroxylation is 1. The van der Waals surface area contributed by atoms with Gasteiger partial charge in [-0.05, 0) is 61.7 Å². The first-order chi connectivity index (χ1) is 16.8. The van der Waals surface area contributed by atoms with E-state index in [1.165, 1.54) is 0 Å². The summed E-state index contributed by atoms with van der Waals surface area (Å²) in [7, 11) is 0. The monoisotopic (exact) mass is 470 g/mol. The van der Waals surface area contributed by atoms with Crippen LogP contribution in [0.5, 0.6) is 0 Å². The first-order valence-electron chi connectivity index (χ1n) is 11.7. The van der Waals surface area contributed by atoms with Gasteiger partial charge in [-0.2, -0.15) is 10.8 Å². The van der Waals surface area contributed by atoms with Gasteiger partial charge in [-0.25, -0.2) is 4.98 Å². The fourth-order valence-corrected chi connectivity index (χ4v) is 4.76. The average molecular weight is 471 g/mol. The van der Waals surface area contributed by atoms with E-state index in [1.807, 2.05) is 36.1 Å². The van der Waals surface area contributed by atoms with E-state index >= 15 is 0 Å². The van der Waals surface area contributed by atoms with Crippen molar-refractivity contribution in [2.75, 3.05) is 18.4 Å². The van der Waals surface area contributed by atoms with E-state index in [-0.39, 0.29) is 22.3 Å². The highest BCUT2D eigenvalue weighted by Crippen LogP contribution is 2.37. The number of hydrogen-bond donors (Lipinski definition) is 2. The summed E-state index contributed by atoms with van der Waals surface area (Å²) >= 11 is 0. The van der Waals surface area contributed by atoms with Crippen molar-refractivity contribution < 1.29 is 14.2 Å². The number of carbonyl (C=O) groups excluding carboxylic acids is 2. The summed E-state index contributed by atoms with van der Waals surface area (Å²) < 4.78 is -0.0891.